The number of hydrogen-bond donors (Lipinski definition) is 0. The van der Waals surface area contributed by atoms with Gasteiger partial charge in [-0.15, -0.1) is 0 Å². The summed E-state index contributed by atoms with van der Waals surface area (Å²) >= 11 is 1.19. The maximum absolute atomic E-state index is 12.8. The van der Waals surface area contributed by atoms with Gasteiger partial charge in [0.05, 0.1) is 23.9 Å². The number of ether oxygens (including phenoxy) is 3. The quantitative estimate of drug-likeness (QED) is 0.149. The molecule has 38 heavy (non-hydrogen) atoms. The number of rotatable bonds is 12. The maximum atomic E-state index is 12.8. The van der Waals surface area contributed by atoms with E-state index < -0.39 is 12.1 Å². The highest BCUT2D eigenvalue weighted by Gasteiger charge is 2.20. The summed E-state index contributed by atoms with van der Waals surface area (Å²) in [5.74, 6) is 0.285. The maximum Gasteiger partial charge on any atom is 0.335 e. The van der Waals surface area contributed by atoms with Crippen LogP contribution in [0.25, 0.3) is 10.2 Å². The number of carbonyl (C=O) groups excluding carboxylic acids is 1. The van der Waals surface area contributed by atoms with E-state index in [9.17, 15) is 9.59 Å². The standard InChI is InChI=1S/C29H30N2O6S/c1-4-36-25(28(32)34-2)18-20-10-13-23(14-11-20)37-17-16-31-24-15-12-22(19-26(24)38-29(31)33)27(30-35-3)21-8-6-5-7-9-21/h5-15,19,25H,4,16-18H2,1-3H3/b30-27+. The summed E-state index contributed by atoms with van der Waals surface area (Å²) in [7, 11) is 2.87. The van der Waals surface area contributed by atoms with Gasteiger partial charge in [0, 0.05) is 24.2 Å². The number of hydrogen-bond acceptors (Lipinski definition) is 8. The van der Waals surface area contributed by atoms with Gasteiger partial charge in [-0.2, -0.15) is 0 Å². The summed E-state index contributed by atoms with van der Waals surface area (Å²) in [5, 5.41) is 4.21. The molecule has 0 saturated heterocycles. The Morgan fingerprint density at radius 3 is 2.45 bits per heavy atom. The highest BCUT2D eigenvalue weighted by atomic mass is 32.1. The van der Waals surface area contributed by atoms with Crippen molar-refractivity contribution in [3.8, 4) is 5.75 Å². The topological polar surface area (TPSA) is 88.4 Å². The first-order valence-corrected chi connectivity index (χ1v) is 13.1. The van der Waals surface area contributed by atoms with Gasteiger partial charge in [0.1, 0.15) is 25.2 Å². The van der Waals surface area contributed by atoms with Crippen molar-refractivity contribution in [1.82, 2.24) is 4.57 Å². The minimum Gasteiger partial charge on any atom is -0.492 e. The largest absolute Gasteiger partial charge is 0.492 e. The van der Waals surface area contributed by atoms with Gasteiger partial charge in [-0.25, -0.2) is 4.79 Å². The van der Waals surface area contributed by atoms with Gasteiger partial charge in [0.2, 0.25) is 0 Å². The molecule has 0 spiro atoms. The summed E-state index contributed by atoms with van der Waals surface area (Å²) in [6.07, 6.45) is -0.222. The van der Waals surface area contributed by atoms with Crippen molar-refractivity contribution < 1.29 is 23.8 Å². The molecular weight excluding hydrogens is 504 g/mol. The second-order valence-corrected chi connectivity index (χ2v) is 9.35. The molecule has 1 heterocycles. The molecule has 1 atom stereocenters. The third-order valence-electron chi connectivity index (χ3n) is 5.93. The summed E-state index contributed by atoms with van der Waals surface area (Å²) < 4.78 is 18.8. The Morgan fingerprint density at radius 2 is 1.76 bits per heavy atom. The van der Waals surface area contributed by atoms with Gasteiger partial charge in [-0.1, -0.05) is 65.0 Å². The minimum atomic E-state index is -0.638. The molecule has 9 heteroatoms. The number of benzene rings is 3. The Kier molecular flexibility index (Phi) is 9.29. The molecule has 8 nitrogen and oxygen atoms in total. The van der Waals surface area contributed by atoms with Crippen molar-refractivity contribution in [2.75, 3.05) is 27.4 Å². The number of thiazole rings is 1. The normalized spacial score (nSPS) is 12.3. The van der Waals surface area contributed by atoms with E-state index in [0.29, 0.717) is 37.6 Å². The van der Waals surface area contributed by atoms with Crippen LogP contribution in [0.15, 0.2) is 82.7 Å². The third kappa shape index (κ3) is 6.48. The van der Waals surface area contributed by atoms with Crippen molar-refractivity contribution in [2.45, 2.75) is 26.0 Å². The van der Waals surface area contributed by atoms with Crippen molar-refractivity contribution in [3.05, 3.63) is 99.2 Å². The Hall–Kier alpha value is -3.95. The fourth-order valence-corrected chi connectivity index (χ4v) is 5.07. The molecule has 0 bridgehead atoms. The number of fused-ring (bicyclic) bond motifs is 1. The van der Waals surface area contributed by atoms with E-state index in [1.165, 1.54) is 25.6 Å². The predicted octanol–water partition coefficient (Wildman–Crippen LogP) is 4.66. The number of methoxy groups -OCH3 is 1. The Labute approximate surface area is 225 Å². The zero-order valence-corrected chi connectivity index (χ0v) is 22.4. The van der Waals surface area contributed by atoms with Crippen LogP contribution in [-0.2, 0) is 32.1 Å². The first-order valence-electron chi connectivity index (χ1n) is 12.3. The second kappa shape index (κ2) is 13.0. The molecule has 1 aromatic heterocycles. The first-order chi connectivity index (χ1) is 18.5. The van der Waals surface area contributed by atoms with Crippen LogP contribution < -0.4 is 9.61 Å². The SMILES string of the molecule is CCOC(Cc1ccc(OCCn2c(=O)sc3cc(/C(=N/OC)c4ccccc4)ccc32)cc1)C(=O)OC. The summed E-state index contributed by atoms with van der Waals surface area (Å²) in [5.41, 5.74) is 4.28. The smallest absolute Gasteiger partial charge is 0.335 e. The molecule has 0 saturated carbocycles. The number of esters is 1. The lowest BCUT2D eigenvalue weighted by atomic mass is 10.0. The van der Waals surface area contributed by atoms with Crippen LogP contribution >= 0.6 is 11.3 Å². The molecule has 1 unspecified atom stereocenters. The first kappa shape index (κ1) is 27.1. The van der Waals surface area contributed by atoms with E-state index in [0.717, 1.165) is 26.9 Å². The summed E-state index contributed by atoms with van der Waals surface area (Å²) in [4.78, 5) is 29.7. The molecule has 4 aromatic rings. The molecule has 0 radical (unpaired) electrons. The van der Waals surface area contributed by atoms with Gasteiger partial charge >= 0.3 is 10.8 Å². The Bertz CT molecular complexity index is 1440. The number of carbonyl (C=O) groups is 1. The van der Waals surface area contributed by atoms with E-state index in [1.807, 2.05) is 79.7 Å². The van der Waals surface area contributed by atoms with Gasteiger partial charge in [0.25, 0.3) is 0 Å². The Balaban J connectivity index is 1.42. The van der Waals surface area contributed by atoms with Crippen LogP contribution in [-0.4, -0.2) is 49.8 Å². The van der Waals surface area contributed by atoms with Gasteiger partial charge in [0.15, 0.2) is 6.10 Å². The monoisotopic (exact) mass is 534 g/mol. The van der Waals surface area contributed by atoms with E-state index in [2.05, 4.69) is 5.16 Å². The number of oxime groups is 1. The van der Waals surface area contributed by atoms with E-state index in [-0.39, 0.29) is 4.87 Å². The molecule has 0 aliphatic heterocycles. The highest BCUT2D eigenvalue weighted by molar-refractivity contribution is 7.16. The highest BCUT2D eigenvalue weighted by Crippen LogP contribution is 2.22. The van der Waals surface area contributed by atoms with Crippen molar-refractivity contribution in [1.29, 1.82) is 0 Å². The summed E-state index contributed by atoms with van der Waals surface area (Å²) in [6.45, 7) is 3.00. The van der Waals surface area contributed by atoms with Crippen LogP contribution in [0.2, 0.25) is 0 Å². The lowest BCUT2D eigenvalue weighted by Crippen LogP contribution is -2.28. The molecule has 0 aliphatic carbocycles. The van der Waals surface area contributed by atoms with Gasteiger partial charge in [-0.05, 0) is 36.8 Å². The average Bonchev–Trinajstić information content (AvgIpc) is 3.26. The van der Waals surface area contributed by atoms with Crippen LogP contribution in [0.3, 0.4) is 0 Å². The molecule has 3 aromatic carbocycles. The van der Waals surface area contributed by atoms with Crippen molar-refractivity contribution in [3.63, 3.8) is 0 Å². The van der Waals surface area contributed by atoms with Crippen molar-refractivity contribution in [2.24, 2.45) is 5.16 Å². The van der Waals surface area contributed by atoms with Crippen LogP contribution in [0, 0.1) is 0 Å². The molecule has 0 aliphatic rings. The van der Waals surface area contributed by atoms with Crippen LogP contribution in [0.4, 0.5) is 0 Å². The fourth-order valence-electron chi connectivity index (χ4n) is 4.12. The molecule has 4 rings (SSSR count). The van der Waals surface area contributed by atoms with Gasteiger partial charge in [-0.3, -0.25) is 9.36 Å². The molecule has 0 fully saturated rings. The van der Waals surface area contributed by atoms with E-state index >= 15 is 0 Å². The minimum absolute atomic E-state index is 0.0502. The number of nitrogens with zero attached hydrogens (tertiary/aromatic N) is 2. The zero-order valence-electron chi connectivity index (χ0n) is 21.6. The molecule has 0 N–H and O–H groups in total. The van der Waals surface area contributed by atoms with E-state index in [4.69, 9.17) is 19.0 Å². The van der Waals surface area contributed by atoms with Crippen LogP contribution in [0.1, 0.15) is 23.6 Å². The Morgan fingerprint density at radius 1 is 1.00 bits per heavy atom. The number of aromatic nitrogens is 1. The zero-order chi connectivity index (χ0) is 26.9. The molecule has 0 amide bonds. The van der Waals surface area contributed by atoms with Crippen molar-refractivity contribution >= 4 is 33.2 Å². The van der Waals surface area contributed by atoms with Crippen LogP contribution in [0.5, 0.6) is 5.75 Å². The van der Waals surface area contributed by atoms with E-state index in [1.54, 1.807) is 4.57 Å². The predicted molar refractivity (Wildman–Crippen MR) is 148 cm³/mol. The lowest BCUT2D eigenvalue weighted by Gasteiger charge is -2.15. The third-order valence-corrected chi connectivity index (χ3v) is 6.87. The fraction of sp³-hybridized carbons (Fsp3) is 0.276. The van der Waals surface area contributed by atoms with Gasteiger partial charge < -0.3 is 19.0 Å². The lowest BCUT2D eigenvalue weighted by molar-refractivity contribution is -0.153. The molecule has 198 valence electrons. The second-order valence-electron chi connectivity index (χ2n) is 8.35. The molecular formula is C29H30N2O6S. The average molecular weight is 535 g/mol. The summed E-state index contributed by atoms with van der Waals surface area (Å²) in [6, 6.07) is 23.1.